The second kappa shape index (κ2) is 9.52. The highest BCUT2D eigenvalue weighted by Crippen LogP contribution is 2.37. The number of thioether (sulfide) groups is 1. The highest BCUT2D eigenvalue weighted by molar-refractivity contribution is 14.1. The molecule has 3 rings (SSSR count). The Labute approximate surface area is 191 Å². The molecule has 1 aliphatic rings. The number of rotatable bonds is 6. The van der Waals surface area contributed by atoms with Gasteiger partial charge in [0.2, 0.25) is 0 Å². The van der Waals surface area contributed by atoms with E-state index in [2.05, 4.69) is 27.6 Å². The van der Waals surface area contributed by atoms with E-state index < -0.39 is 5.97 Å². The van der Waals surface area contributed by atoms with Crippen molar-refractivity contribution in [2.75, 3.05) is 20.8 Å². The molecule has 1 N–H and O–H groups in total. The number of aromatic carboxylic acids is 1. The summed E-state index contributed by atoms with van der Waals surface area (Å²) in [6.07, 6.45) is 1.79. The van der Waals surface area contributed by atoms with Crippen molar-refractivity contribution in [1.82, 2.24) is 4.90 Å². The number of amidine groups is 1. The summed E-state index contributed by atoms with van der Waals surface area (Å²) >= 11 is 3.44. The Hall–Kier alpha value is -2.53. The number of benzene rings is 2. The Balaban J connectivity index is 1.89. The van der Waals surface area contributed by atoms with Gasteiger partial charge in [-0.15, -0.1) is 0 Å². The van der Waals surface area contributed by atoms with Gasteiger partial charge in [0, 0.05) is 7.05 Å². The van der Waals surface area contributed by atoms with Crippen LogP contribution in [-0.4, -0.2) is 47.8 Å². The van der Waals surface area contributed by atoms with E-state index in [1.54, 1.807) is 32.4 Å². The van der Waals surface area contributed by atoms with Gasteiger partial charge in [-0.1, -0.05) is 0 Å². The van der Waals surface area contributed by atoms with Crippen LogP contribution in [0.1, 0.15) is 22.8 Å². The van der Waals surface area contributed by atoms with E-state index in [0.717, 1.165) is 9.13 Å². The van der Waals surface area contributed by atoms with Crippen LogP contribution < -0.4 is 9.47 Å². The topological polar surface area (TPSA) is 88.4 Å². The smallest absolute Gasteiger partial charge is 0.335 e. The van der Waals surface area contributed by atoms with Crippen LogP contribution in [0.2, 0.25) is 0 Å². The van der Waals surface area contributed by atoms with Crippen molar-refractivity contribution in [2.24, 2.45) is 4.99 Å². The molecule has 1 saturated heterocycles. The lowest BCUT2D eigenvalue weighted by Crippen LogP contribution is -2.23. The van der Waals surface area contributed by atoms with E-state index in [1.165, 1.54) is 28.8 Å². The summed E-state index contributed by atoms with van der Waals surface area (Å²) in [6.45, 7) is 2.43. The number of halogens is 1. The summed E-state index contributed by atoms with van der Waals surface area (Å²) < 4.78 is 12.0. The molecule has 0 bridgehead atoms. The van der Waals surface area contributed by atoms with Crippen molar-refractivity contribution < 1.29 is 24.2 Å². The highest BCUT2D eigenvalue weighted by Gasteiger charge is 2.30. The van der Waals surface area contributed by atoms with E-state index >= 15 is 0 Å². The molecule has 0 atom stereocenters. The minimum absolute atomic E-state index is 0.163. The third-order valence-corrected chi connectivity index (χ3v) is 6.04. The van der Waals surface area contributed by atoms with Crippen LogP contribution in [0, 0.1) is 3.57 Å². The average molecular weight is 538 g/mol. The Morgan fingerprint density at radius 1 is 1.30 bits per heavy atom. The van der Waals surface area contributed by atoms with Crippen molar-refractivity contribution in [3.05, 3.63) is 56.0 Å². The van der Waals surface area contributed by atoms with E-state index in [9.17, 15) is 9.59 Å². The molecule has 7 nitrogen and oxygen atoms in total. The minimum Gasteiger partial charge on any atom is -0.493 e. The van der Waals surface area contributed by atoms with Gasteiger partial charge in [-0.05, 0) is 89.3 Å². The van der Waals surface area contributed by atoms with Gasteiger partial charge < -0.3 is 14.6 Å². The standard InChI is InChI=1S/C21H19IN2O5S/c1-4-29-18-15(22)9-12(10-16(18)28-3)11-17-19(25)24(2)21(30-17)23-14-7-5-13(6-8-14)20(26)27/h5-11H,4H2,1-3H3,(H,26,27)/b17-11-,23-21?. The van der Waals surface area contributed by atoms with E-state index in [4.69, 9.17) is 14.6 Å². The molecular weight excluding hydrogens is 519 g/mol. The SMILES string of the molecule is CCOc1c(I)cc(/C=C2\SC(=Nc3ccc(C(=O)O)cc3)N(C)C2=O)cc1OC. The van der Waals surface area contributed by atoms with Crippen LogP contribution in [0.25, 0.3) is 6.08 Å². The number of carboxylic acid groups (broad SMARTS) is 1. The van der Waals surface area contributed by atoms with Gasteiger partial charge in [-0.3, -0.25) is 9.69 Å². The number of amides is 1. The van der Waals surface area contributed by atoms with Crippen molar-refractivity contribution in [2.45, 2.75) is 6.92 Å². The van der Waals surface area contributed by atoms with Gasteiger partial charge in [0.1, 0.15) is 0 Å². The van der Waals surface area contributed by atoms with Gasteiger partial charge >= 0.3 is 5.97 Å². The fraction of sp³-hybridized carbons (Fsp3) is 0.190. The van der Waals surface area contributed by atoms with Gasteiger partial charge in [0.05, 0.1) is 33.4 Å². The number of ether oxygens (including phenoxy) is 2. The Kier molecular flexibility index (Phi) is 7.03. The van der Waals surface area contributed by atoms with Crippen LogP contribution in [0.4, 0.5) is 5.69 Å². The molecular formula is C21H19IN2O5S. The number of carbonyl (C=O) groups is 2. The molecule has 1 amide bonds. The van der Waals surface area contributed by atoms with Crippen LogP contribution in [0.5, 0.6) is 11.5 Å². The number of likely N-dealkylation sites (N-methyl/N-ethyl adjacent to an activating group) is 1. The molecule has 9 heteroatoms. The maximum absolute atomic E-state index is 12.7. The number of hydrogen-bond donors (Lipinski definition) is 1. The maximum atomic E-state index is 12.7. The summed E-state index contributed by atoms with van der Waals surface area (Å²) in [6, 6.07) is 9.93. The molecule has 0 radical (unpaired) electrons. The normalized spacial score (nSPS) is 16.4. The largest absolute Gasteiger partial charge is 0.493 e. The van der Waals surface area contributed by atoms with E-state index in [1.807, 2.05) is 19.1 Å². The maximum Gasteiger partial charge on any atom is 0.335 e. The number of aliphatic imine (C=N–C) groups is 1. The molecule has 0 aliphatic carbocycles. The summed E-state index contributed by atoms with van der Waals surface area (Å²) in [5.41, 5.74) is 1.57. The second-order valence-electron chi connectivity index (χ2n) is 6.19. The zero-order chi connectivity index (χ0) is 21.8. The average Bonchev–Trinajstić information content (AvgIpc) is 2.98. The van der Waals surface area contributed by atoms with Crippen LogP contribution in [0.3, 0.4) is 0 Å². The Bertz CT molecular complexity index is 1050. The minimum atomic E-state index is -0.998. The molecule has 0 unspecified atom stereocenters. The first kappa shape index (κ1) is 22.2. The predicted molar refractivity (Wildman–Crippen MR) is 126 cm³/mol. The number of hydrogen-bond acceptors (Lipinski definition) is 6. The zero-order valence-corrected chi connectivity index (χ0v) is 19.5. The summed E-state index contributed by atoms with van der Waals surface area (Å²) in [5, 5.41) is 9.51. The van der Waals surface area contributed by atoms with Gasteiger partial charge in [-0.25, -0.2) is 9.79 Å². The molecule has 30 heavy (non-hydrogen) atoms. The van der Waals surface area contributed by atoms with Crippen molar-refractivity contribution in [3.8, 4) is 11.5 Å². The fourth-order valence-corrected chi connectivity index (χ4v) is 4.47. The summed E-state index contributed by atoms with van der Waals surface area (Å²) in [4.78, 5) is 30.1. The van der Waals surface area contributed by atoms with Gasteiger partial charge in [-0.2, -0.15) is 0 Å². The summed E-state index contributed by atoms with van der Waals surface area (Å²) in [7, 11) is 3.23. The molecule has 2 aromatic carbocycles. The lowest BCUT2D eigenvalue weighted by Gasteiger charge is -2.12. The van der Waals surface area contributed by atoms with Gasteiger partial charge in [0.25, 0.3) is 5.91 Å². The van der Waals surface area contributed by atoms with Crippen LogP contribution in [-0.2, 0) is 4.79 Å². The Morgan fingerprint density at radius 2 is 2.00 bits per heavy atom. The van der Waals surface area contributed by atoms with Crippen molar-refractivity contribution in [1.29, 1.82) is 0 Å². The molecule has 2 aromatic rings. The number of methoxy groups -OCH3 is 1. The number of nitrogens with zero attached hydrogens (tertiary/aromatic N) is 2. The zero-order valence-electron chi connectivity index (χ0n) is 16.5. The van der Waals surface area contributed by atoms with Crippen LogP contribution in [0.15, 0.2) is 46.3 Å². The van der Waals surface area contributed by atoms with E-state index in [0.29, 0.717) is 33.9 Å². The molecule has 1 aliphatic heterocycles. The first-order chi connectivity index (χ1) is 14.3. The fourth-order valence-electron chi connectivity index (χ4n) is 2.70. The Morgan fingerprint density at radius 3 is 2.60 bits per heavy atom. The monoisotopic (exact) mass is 538 g/mol. The van der Waals surface area contributed by atoms with E-state index in [-0.39, 0.29) is 11.5 Å². The summed E-state index contributed by atoms with van der Waals surface area (Å²) in [5.74, 6) is 0.121. The van der Waals surface area contributed by atoms with Crippen molar-refractivity contribution in [3.63, 3.8) is 0 Å². The first-order valence-electron chi connectivity index (χ1n) is 8.94. The predicted octanol–water partition coefficient (Wildman–Crippen LogP) is 4.63. The third kappa shape index (κ3) is 4.78. The van der Waals surface area contributed by atoms with Crippen molar-refractivity contribution >= 4 is 63.2 Å². The molecule has 0 saturated carbocycles. The molecule has 156 valence electrons. The third-order valence-electron chi connectivity index (χ3n) is 4.18. The molecule has 0 aromatic heterocycles. The number of carboxylic acids is 1. The quantitative estimate of drug-likeness (QED) is 0.427. The van der Waals surface area contributed by atoms with Crippen LogP contribution >= 0.6 is 34.4 Å². The lowest BCUT2D eigenvalue weighted by molar-refractivity contribution is -0.121. The molecule has 1 heterocycles. The molecule has 0 spiro atoms. The van der Waals surface area contributed by atoms with Gasteiger partial charge in [0.15, 0.2) is 16.7 Å². The first-order valence-corrected chi connectivity index (χ1v) is 10.8. The highest BCUT2D eigenvalue weighted by atomic mass is 127. The second-order valence-corrected chi connectivity index (χ2v) is 8.36. The molecule has 1 fully saturated rings. The number of carbonyl (C=O) groups excluding carboxylic acids is 1. The lowest BCUT2D eigenvalue weighted by atomic mass is 10.2.